The first-order valence-corrected chi connectivity index (χ1v) is 18.7. The van der Waals surface area contributed by atoms with Gasteiger partial charge in [0.05, 0.1) is 14.2 Å². The number of ether oxygens (including phenoxy) is 2. The lowest BCUT2D eigenvalue weighted by Gasteiger charge is -2.40. The lowest BCUT2D eigenvalue weighted by atomic mass is 9.68. The Labute approximate surface area is 300 Å². The summed E-state index contributed by atoms with van der Waals surface area (Å²) in [6.45, 7) is 6.66. The molecule has 4 aromatic carbocycles. The molecule has 0 saturated heterocycles. The number of carbonyl (C=O) groups is 1. The fourth-order valence-corrected chi connectivity index (χ4v) is 8.02. The van der Waals surface area contributed by atoms with Gasteiger partial charge in [0, 0.05) is 30.8 Å². The standard InChI is InChI=1S/C45H56FNO3/c1-34(2)14-11-20-42-41-33-44(50-4)43(49-3)32-36(41)27-31-47(42)30-13-29-45(37-15-7-5-8-16-37,38-17-9-6-10-18-38)28-12-19-40(48)26-23-35-21-24-39(46)25-22-35/h5-10,15-18,21-22,24-25,32-34,42H,11-14,19-20,23,26-31H2,1-4H3. The summed E-state index contributed by atoms with van der Waals surface area (Å²) in [6.07, 6.45) is 10.0. The van der Waals surface area contributed by atoms with Crippen LogP contribution >= 0.6 is 0 Å². The average Bonchev–Trinajstić information content (AvgIpc) is 3.14. The highest BCUT2D eigenvalue weighted by Gasteiger charge is 2.35. The molecule has 0 aromatic heterocycles. The number of hydrogen-bond acceptors (Lipinski definition) is 4. The molecule has 50 heavy (non-hydrogen) atoms. The first-order chi connectivity index (χ1) is 24.3. The third-order valence-electron chi connectivity index (χ3n) is 10.7. The number of rotatable bonds is 19. The zero-order valence-electron chi connectivity index (χ0n) is 30.6. The highest BCUT2D eigenvalue weighted by molar-refractivity contribution is 5.78. The van der Waals surface area contributed by atoms with Crippen LogP contribution < -0.4 is 9.47 Å². The number of aryl methyl sites for hydroxylation is 1. The number of benzene rings is 4. The second kappa shape index (κ2) is 18.3. The Morgan fingerprint density at radius 2 is 1.44 bits per heavy atom. The van der Waals surface area contributed by atoms with Crippen LogP contribution in [0.25, 0.3) is 0 Å². The minimum absolute atomic E-state index is 0.197. The Balaban J connectivity index is 1.34. The highest BCUT2D eigenvalue weighted by Crippen LogP contribution is 2.43. The van der Waals surface area contributed by atoms with Gasteiger partial charge in [0.2, 0.25) is 0 Å². The Morgan fingerprint density at radius 3 is 2.06 bits per heavy atom. The van der Waals surface area contributed by atoms with Crippen LogP contribution in [0.2, 0.25) is 0 Å². The van der Waals surface area contributed by atoms with Crippen LogP contribution in [0.1, 0.15) is 105 Å². The first-order valence-electron chi connectivity index (χ1n) is 18.7. The van der Waals surface area contributed by atoms with Crippen molar-refractivity contribution in [2.75, 3.05) is 27.3 Å². The fraction of sp³-hybridized carbons (Fsp3) is 0.444. The van der Waals surface area contributed by atoms with Crippen molar-refractivity contribution >= 4 is 5.78 Å². The van der Waals surface area contributed by atoms with E-state index in [4.69, 9.17) is 9.47 Å². The first kappa shape index (κ1) is 37.3. The van der Waals surface area contributed by atoms with Crippen molar-refractivity contribution < 1.29 is 18.7 Å². The van der Waals surface area contributed by atoms with Gasteiger partial charge in [0.25, 0.3) is 0 Å². The molecule has 266 valence electrons. The molecule has 0 radical (unpaired) electrons. The molecule has 5 rings (SSSR count). The van der Waals surface area contributed by atoms with E-state index in [1.54, 1.807) is 26.4 Å². The lowest BCUT2D eigenvalue weighted by molar-refractivity contribution is -0.119. The molecule has 0 bridgehead atoms. The summed E-state index contributed by atoms with van der Waals surface area (Å²) in [5, 5.41) is 0. The predicted octanol–water partition coefficient (Wildman–Crippen LogP) is 10.7. The summed E-state index contributed by atoms with van der Waals surface area (Å²) < 4.78 is 24.8. The fourth-order valence-electron chi connectivity index (χ4n) is 8.02. The number of hydrogen-bond donors (Lipinski definition) is 0. The molecular formula is C45H56FNO3. The van der Waals surface area contributed by atoms with E-state index in [0.717, 1.165) is 68.7 Å². The summed E-state index contributed by atoms with van der Waals surface area (Å²) in [4.78, 5) is 15.8. The van der Waals surface area contributed by atoms with E-state index in [-0.39, 0.29) is 17.0 Å². The SMILES string of the molecule is COc1cc2c(cc1OC)C(CCCC(C)C)N(CCCC(CCCC(=O)CCc1ccc(F)cc1)(c1ccccc1)c1ccccc1)CC2. The summed E-state index contributed by atoms with van der Waals surface area (Å²) in [5.41, 5.74) is 6.20. The molecular weight excluding hydrogens is 621 g/mol. The number of halogens is 1. The van der Waals surface area contributed by atoms with Gasteiger partial charge in [0.1, 0.15) is 11.6 Å². The number of ketones is 1. The molecule has 5 heteroatoms. The predicted molar refractivity (Wildman–Crippen MR) is 203 cm³/mol. The molecule has 0 saturated carbocycles. The van der Waals surface area contributed by atoms with E-state index in [1.165, 1.54) is 47.2 Å². The summed E-state index contributed by atoms with van der Waals surface area (Å²) in [5.74, 6) is 2.33. The van der Waals surface area contributed by atoms with E-state index in [0.29, 0.717) is 31.2 Å². The molecule has 1 heterocycles. The van der Waals surface area contributed by atoms with Crippen LogP contribution in [-0.2, 0) is 23.1 Å². The third-order valence-corrected chi connectivity index (χ3v) is 10.7. The van der Waals surface area contributed by atoms with Gasteiger partial charge in [-0.25, -0.2) is 4.39 Å². The Bertz CT molecular complexity index is 1580. The van der Waals surface area contributed by atoms with Gasteiger partial charge in [-0.1, -0.05) is 99.5 Å². The van der Waals surface area contributed by atoms with Crippen LogP contribution in [0.4, 0.5) is 4.39 Å². The normalized spacial score (nSPS) is 14.8. The molecule has 0 amide bonds. The molecule has 1 aliphatic heterocycles. The largest absolute Gasteiger partial charge is 0.493 e. The monoisotopic (exact) mass is 677 g/mol. The minimum atomic E-state index is -0.245. The maximum Gasteiger partial charge on any atom is 0.161 e. The number of carbonyl (C=O) groups excluding carboxylic acids is 1. The van der Waals surface area contributed by atoms with Gasteiger partial charge in [-0.15, -0.1) is 0 Å². The van der Waals surface area contributed by atoms with Crippen LogP contribution in [0.3, 0.4) is 0 Å². The van der Waals surface area contributed by atoms with E-state index < -0.39 is 0 Å². The zero-order chi connectivity index (χ0) is 35.3. The van der Waals surface area contributed by atoms with Gasteiger partial charge in [0.15, 0.2) is 11.5 Å². The van der Waals surface area contributed by atoms with Crippen LogP contribution in [-0.4, -0.2) is 38.0 Å². The Morgan fingerprint density at radius 1 is 0.820 bits per heavy atom. The Kier molecular flexibility index (Phi) is 13.7. The van der Waals surface area contributed by atoms with Crippen molar-refractivity contribution in [1.29, 1.82) is 0 Å². The molecule has 1 aliphatic rings. The van der Waals surface area contributed by atoms with Crippen molar-refractivity contribution in [3.05, 3.63) is 131 Å². The minimum Gasteiger partial charge on any atom is -0.493 e. The maximum atomic E-state index is 13.4. The zero-order valence-corrected chi connectivity index (χ0v) is 30.6. The third kappa shape index (κ3) is 9.63. The topological polar surface area (TPSA) is 38.8 Å². The van der Waals surface area contributed by atoms with E-state index in [2.05, 4.69) is 91.5 Å². The van der Waals surface area contributed by atoms with E-state index in [9.17, 15) is 9.18 Å². The van der Waals surface area contributed by atoms with E-state index in [1.807, 2.05) is 0 Å². The Hall–Kier alpha value is -3.96. The van der Waals surface area contributed by atoms with Crippen LogP contribution in [0.5, 0.6) is 11.5 Å². The summed E-state index contributed by atoms with van der Waals surface area (Å²) in [7, 11) is 3.44. The van der Waals surface area contributed by atoms with Crippen molar-refractivity contribution in [2.45, 2.75) is 95.9 Å². The average molecular weight is 678 g/mol. The quantitative estimate of drug-likeness (QED) is 0.0990. The van der Waals surface area contributed by atoms with Crippen molar-refractivity contribution in [2.24, 2.45) is 5.92 Å². The molecule has 0 spiro atoms. The molecule has 4 nitrogen and oxygen atoms in total. The molecule has 0 aliphatic carbocycles. The van der Waals surface area contributed by atoms with Crippen LogP contribution in [0.15, 0.2) is 97.1 Å². The molecule has 1 atom stereocenters. The van der Waals surface area contributed by atoms with Gasteiger partial charge >= 0.3 is 0 Å². The van der Waals surface area contributed by atoms with Crippen molar-refractivity contribution in [3.8, 4) is 11.5 Å². The van der Waals surface area contributed by atoms with Gasteiger partial charge in [-0.3, -0.25) is 9.69 Å². The maximum absolute atomic E-state index is 13.4. The number of nitrogens with zero attached hydrogens (tertiary/aromatic N) is 1. The van der Waals surface area contributed by atoms with Crippen molar-refractivity contribution in [3.63, 3.8) is 0 Å². The van der Waals surface area contributed by atoms with E-state index >= 15 is 0 Å². The smallest absolute Gasteiger partial charge is 0.161 e. The number of methoxy groups -OCH3 is 2. The van der Waals surface area contributed by atoms with Gasteiger partial charge in [-0.2, -0.15) is 0 Å². The van der Waals surface area contributed by atoms with Gasteiger partial charge < -0.3 is 9.47 Å². The summed E-state index contributed by atoms with van der Waals surface area (Å²) in [6, 6.07) is 33.1. The molecule has 0 fully saturated rings. The second-order valence-corrected chi connectivity index (χ2v) is 14.5. The number of Topliss-reactive ketones (excluding diaryl/α,β-unsaturated/α-hetero) is 1. The second-order valence-electron chi connectivity index (χ2n) is 14.5. The van der Waals surface area contributed by atoms with Crippen LogP contribution in [0, 0.1) is 11.7 Å². The highest BCUT2D eigenvalue weighted by atomic mass is 19.1. The molecule has 0 N–H and O–H groups in total. The lowest BCUT2D eigenvalue weighted by Crippen LogP contribution is -2.37. The number of fused-ring (bicyclic) bond motifs is 1. The van der Waals surface area contributed by atoms with Gasteiger partial charge in [-0.05, 0) is 109 Å². The molecule has 4 aromatic rings. The molecule has 1 unspecified atom stereocenters. The summed E-state index contributed by atoms with van der Waals surface area (Å²) >= 11 is 0. The van der Waals surface area contributed by atoms with Crippen molar-refractivity contribution in [1.82, 2.24) is 4.90 Å².